The van der Waals surface area contributed by atoms with Crippen molar-refractivity contribution in [3.05, 3.63) is 64.6 Å². The van der Waals surface area contributed by atoms with Gasteiger partial charge in [0.25, 0.3) is 0 Å². The molecule has 1 atom stereocenters. The second-order valence-corrected chi connectivity index (χ2v) is 9.35. The Kier molecular flexibility index (Phi) is 5.31. The van der Waals surface area contributed by atoms with Crippen molar-refractivity contribution in [1.29, 1.82) is 0 Å². The van der Waals surface area contributed by atoms with Gasteiger partial charge in [-0.1, -0.05) is 25.1 Å². The van der Waals surface area contributed by atoms with Crippen LogP contribution in [0, 0.1) is 17.2 Å². The number of nitrogens with one attached hydrogen (secondary N) is 1. The molecule has 1 N–H and O–H groups in total. The lowest BCUT2D eigenvalue weighted by molar-refractivity contribution is -0.135. The molecule has 8 heteroatoms. The monoisotopic (exact) mass is 450 g/mol. The number of rotatable bonds is 6. The Bertz CT molecular complexity index is 1240. The number of benzene rings is 2. The molecule has 0 bridgehead atoms. The minimum absolute atomic E-state index is 0.164. The number of amides is 1. The Balaban J connectivity index is 1.36. The molecule has 0 radical (unpaired) electrons. The average Bonchev–Trinajstić information content (AvgIpc) is 3.24. The first-order valence-electron chi connectivity index (χ1n) is 11.3. The molecule has 0 spiro atoms. The highest BCUT2D eigenvalue weighted by Gasteiger charge is 2.48. The van der Waals surface area contributed by atoms with Gasteiger partial charge in [0.05, 0.1) is 12.8 Å². The molecule has 2 aromatic carbocycles. The molecule has 33 heavy (non-hydrogen) atoms. The van der Waals surface area contributed by atoms with Gasteiger partial charge in [0.2, 0.25) is 5.91 Å². The molecule has 1 saturated heterocycles. The number of aromatic amines is 1. The maximum absolute atomic E-state index is 15.1. The number of aromatic nitrogens is 3. The molecule has 1 amide bonds. The van der Waals surface area contributed by atoms with Crippen molar-refractivity contribution in [1.82, 2.24) is 19.7 Å². The first-order valence-corrected chi connectivity index (χ1v) is 11.3. The van der Waals surface area contributed by atoms with Crippen LogP contribution in [0.4, 0.5) is 4.39 Å². The predicted molar refractivity (Wildman–Crippen MR) is 122 cm³/mol. The molecule has 172 valence electrons. The number of carbonyl (C=O) groups is 1. The van der Waals surface area contributed by atoms with Crippen LogP contribution < -0.4 is 10.4 Å². The third-order valence-electron chi connectivity index (χ3n) is 6.91. The number of carbonyl (C=O) groups excluding carboxylic acids is 1. The van der Waals surface area contributed by atoms with Crippen LogP contribution in [0.15, 0.2) is 47.3 Å². The number of nitrogens with zero attached hydrogens (tertiary/aromatic N) is 3. The van der Waals surface area contributed by atoms with Gasteiger partial charge in [-0.3, -0.25) is 4.79 Å². The van der Waals surface area contributed by atoms with E-state index in [1.165, 1.54) is 10.6 Å². The first kappa shape index (κ1) is 21.4. The fourth-order valence-electron chi connectivity index (χ4n) is 4.59. The third-order valence-corrected chi connectivity index (χ3v) is 6.91. The van der Waals surface area contributed by atoms with E-state index in [1.807, 2.05) is 36.1 Å². The smallest absolute Gasteiger partial charge is 0.348 e. The zero-order valence-corrected chi connectivity index (χ0v) is 18.8. The van der Waals surface area contributed by atoms with Crippen molar-refractivity contribution >= 4 is 5.91 Å². The van der Waals surface area contributed by atoms with Crippen molar-refractivity contribution in [3.63, 3.8) is 0 Å². The van der Waals surface area contributed by atoms with Crippen LogP contribution in [0.1, 0.15) is 32.0 Å². The Morgan fingerprint density at radius 3 is 2.61 bits per heavy atom. The Morgan fingerprint density at radius 1 is 1.21 bits per heavy atom. The van der Waals surface area contributed by atoms with Gasteiger partial charge < -0.3 is 9.64 Å². The summed E-state index contributed by atoms with van der Waals surface area (Å²) in [5, 5.41) is 6.63. The van der Waals surface area contributed by atoms with Gasteiger partial charge in [-0.25, -0.2) is 18.9 Å². The van der Waals surface area contributed by atoms with E-state index in [0.717, 1.165) is 37.1 Å². The average molecular weight is 451 g/mol. The highest BCUT2D eigenvalue weighted by atomic mass is 19.1. The van der Waals surface area contributed by atoms with E-state index < -0.39 is 11.5 Å². The summed E-state index contributed by atoms with van der Waals surface area (Å²) >= 11 is 0. The van der Waals surface area contributed by atoms with E-state index in [-0.39, 0.29) is 22.9 Å². The molecule has 2 heterocycles. The van der Waals surface area contributed by atoms with E-state index in [4.69, 9.17) is 4.74 Å². The molecule has 1 aliphatic carbocycles. The van der Waals surface area contributed by atoms with Crippen molar-refractivity contribution in [2.75, 3.05) is 20.2 Å². The summed E-state index contributed by atoms with van der Waals surface area (Å²) in [7, 11) is 1.60. The molecule has 2 aliphatic rings. The van der Waals surface area contributed by atoms with Gasteiger partial charge in [-0.05, 0) is 60.6 Å². The minimum Gasteiger partial charge on any atom is -0.497 e. The molecule has 1 aliphatic heterocycles. The largest absolute Gasteiger partial charge is 0.497 e. The van der Waals surface area contributed by atoms with Crippen molar-refractivity contribution in [2.45, 2.75) is 32.6 Å². The molecule has 7 nitrogen and oxygen atoms in total. The summed E-state index contributed by atoms with van der Waals surface area (Å²) in [6.45, 7) is 3.39. The summed E-state index contributed by atoms with van der Waals surface area (Å²) in [5.74, 6) is 1.12. The Labute approximate surface area is 191 Å². The number of hydrogen-bond donors (Lipinski definition) is 1. The van der Waals surface area contributed by atoms with Gasteiger partial charge in [0.1, 0.15) is 17.4 Å². The standard InChI is InChI=1S/C25H27FN4O3/c1-25(10-11-25)23(31)29-12-9-16(15-29)13-22-27-28-24(32)30(22)21-8-5-18(14-20(21)26)17-3-6-19(33-2)7-4-17/h3-8,14,16H,9-13,15H2,1-2H3,(H,28,32). The second-order valence-electron chi connectivity index (χ2n) is 9.35. The van der Waals surface area contributed by atoms with Crippen LogP contribution in [-0.4, -0.2) is 45.8 Å². The second kappa shape index (κ2) is 8.17. The van der Waals surface area contributed by atoms with Crippen molar-refractivity contribution in [3.8, 4) is 22.6 Å². The lowest BCUT2D eigenvalue weighted by atomic mass is 10.0. The first-order chi connectivity index (χ1) is 15.9. The van der Waals surface area contributed by atoms with E-state index in [1.54, 1.807) is 19.2 Å². The van der Waals surface area contributed by atoms with E-state index in [2.05, 4.69) is 10.2 Å². The van der Waals surface area contributed by atoms with Crippen LogP contribution >= 0.6 is 0 Å². The number of H-pyrrole nitrogens is 1. The fraction of sp³-hybridized carbons (Fsp3) is 0.400. The predicted octanol–water partition coefficient (Wildman–Crippen LogP) is 3.57. The number of ether oxygens (including phenoxy) is 1. The van der Waals surface area contributed by atoms with Gasteiger partial charge in [-0.2, -0.15) is 5.10 Å². The minimum atomic E-state index is -0.502. The van der Waals surface area contributed by atoms with Crippen LogP contribution in [0.5, 0.6) is 5.75 Å². The van der Waals surface area contributed by atoms with E-state index in [0.29, 0.717) is 24.4 Å². The highest BCUT2D eigenvalue weighted by molar-refractivity contribution is 5.85. The number of methoxy groups -OCH3 is 1. The lowest BCUT2D eigenvalue weighted by Gasteiger charge is -2.20. The normalized spacial score (nSPS) is 19.0. The topological polar surface area (TPSA) is 80.2 Å². The number of hydrogen-bond acceptors (Lipinski definition) is 4. The molecule has 3 aromatic rings. The van der Waals surface area contributed by atoms with Gasteiger partial charge in [-0.15, -0.1) is 0 Å². The zero-order valence-electron chi connectivity index (χ0n) is 18.8. The maximum atomic E-state index is 15.1. The van der Waals surface area contributed by atoms with Crippen LogP contribution in [-0.2, 0) is 11.2 Å². The molecule has 2 fully saturated rings. The highest BCUT2D eigenvalue weighted by Crippen LogP contribution is 2.47. The van der Waals surface area contributed by atoms with E-state index >= 15 is 4.39 Å². The molecule has 1 aromatic heterocycles. The van der Waals surface area contributed by atoms with Gasteiger partial charge in [0.15, 0.2) is 0 Å². The van der Waals surface area contributed by atoms with Crippen LogP contribution in [0.3, 0.4) is 0 Å². The summed E-state index contributed by atoms with van der Waals surface area (Å²) in [6.07, 6.45) is 3.26. The Hall–Kier alpha value is -3.42. The van der Waals surface area contributed by atoms with Crippen LogP contribution in [0.2, 0.25) is 0 Å². The SMILES string of the molecule is COc1ccc(-c2ccc(-n3c(CC4CCN(C(=O)C5(C)CC5)C4)n[nH]c3=O)c(F)c2)cc1. The quantitative estimate of drug-likeness (QED) is 0.623. The fourth-order valence-corrected chi connectivity index (χ4v) is 4.59. The van der Waals surface area contributed by atoms with Gasteiger partial charge >= 0.3 is 5.69 Å². The van der Waals surface area contributed by atoms with Crippen molar-refractivity contribution in [2.24, 2.45) is 11.3 Å². The number of halogens is 1. The molecular formula is C25H27FN4O3. The van der Waals surface area contributed by atoms with E-state index in [9.17, 15) is 9.59 Å². The third kappa shape index (κ3) is 4.05. The Morgan fingerprint density at radius 2 is 1.94 bits per heavy atom. The zero-order chi connectivity index (χ0) is 23.2. The van der Waals surface area contributed by atoms with Crippen LogP contribution in [0.25, 0.3) is 16.8 Å². The maximum Gasteiger partial charge on any atom is 0.348 e. The lowest BCUT2D eigenvalue weighted by Crippen LogP contribution is -2.34. The summed E-state index contributed by atoms with van der Waals surface area (Å²) in [6, 6.07) is 12.2. The molecule has 5 rings (SSSR count). The van der Waals surface area contributed by atoms with Gasteiger partial charge in [0, 0.05) is 24.9 Å². The molecule has 1 saturated carbocycles. The molecular weight excluding hydrogens is 423 g/mol. The van der Waals surface area contributed by atoms with Crippen molar-refractivity contribution < 1.29 is 13.9 Å². The number of likely N-dealkylation sites (tertiary alicyclic amines) is 1. The summed E-state index contributed by atoms with van der Waals surface area (Å²) < 4.78 is 21.6. The summed E-state index contributed by atoms with van der Waals surface area (Å²) in [4.78, 5) is 27.1. The molecule has 1 unspecified atom stereocenters. The summed E-state index contributed by atoms with van der Waals surface area (Å²) in [5.41, 5.74) is 1.06.